The minimum Gasteiger partial charge on any atom is -0.493 e. The van der Waals surface area contributed by atoms with Crippen LogP contribution < -0.4 is 14.8 Å². The van der Waals surface area contributed by atoms with Crippen molar-refractivity contribution in [3.05, 3.63) is 52.5 Å². The summed E-state index contributed by atoms with van der Waals surface area (Å²) < 4.78 is 16.4. The van der Waals surface area contributed by atoms with Crippen LogP contribution in [0.4, 0.5) is 5.69 Å². The van der Waals surface area contributed by atoms with Crippen LogP contribution in [0.1, 0.15) is 17.3 Å². The monoisotopic (exact) mass is 407 g/mol. The molecule has 1 N–H and O–H groups in total. The lowest BCUT2D eigenvalue weighted by atomic mass is 10.2. The lowest BCUT2D eigenvalue weighted by molar-refractivity contribution is -0.122. The Kier molecular flexibility index (Phi) is 6.41. The summed E-state index contributed by atoms with van der Waals surface area (Å²) in [6.45, 7) is 1.63. The maximum absolute atomic E-state index is 12.3. The molecule has 2 aromatic carbocycles. The summed E-state index contributed by atoms with van der Waals surface area (Å²) in [5.41, 5.74) is 0.987. The third kappa shape index (κ3) is 4.96. The van der Waals surface area contributed by atoms with Gasteiger partial charge < -0.3 is 19.5 Å². The van der Waals surface area contributed by atoms with E-state index in [4.69, 9.17) is 9.47 Å². The van der Waals surface area contributed by atoms with Crippen molar-refractivity contribution in [3.63, 3.8) is 0 Å². The van der Waals surface area contributed by atoms with E-state index in [0.717, 1.165) is 4.47 Å². The fourth-order valence-corrected chi connectivity index (χ4v) is 2.46. The van der Waals surface area contributed by atoms with Crippen molar-refractivity contribution in [2.24, 2.45) is 0 Å². The van der Waals surface area contributed by atoms with Crippen LogP contribution in [0.3, 0.4) is 0 Å². The number of carbonyl (C=O) groups excluding carboxylic acids is 2. The first-order valence-corrected chi connectivity index (χ1v) is 8.23. The van der Waals surface area contributed by atoms with Gasteiger partial charge in [-0.1, -0.05) is 22.0 Å². The zero-order valence-electron chi connectivity index (χ0n) is 14.0. The second kappa shape index (κ2) is 8.53. The van der Waals surface area contributed by atoms with E-state index in [0.29, 0.717) is 22.7 Å². The van der Waals surface area contributed by atoms with E-state index in [9.17, 15) is 9.59 Å². The van der Waals surface area contributed by atoms with E-state index in [1.54, 1.807) is 31.2 Å². The van der Waals surface area contributed by atoms with Crippen LogP contribution in [-0.2, 0) is 9.53 Å². The van der Waals surface area contributed by atoms with Crippen LogP contribution in [0.15, 0.2) is 46.9 Å². The molecule has 0 spiro atoms. The second-order valence-electron chi connectivity index (χ2n) is 5.12. The topological polar surface area (TPSA) is 73.9 Å². The van der Waals surface area contributed by atoms with Gasteiger partial charge >= 0.3 is 5.97 Å². The predicted molar refractivity (Wildman–Crippen MR) is 97.2 cm³/mol. The van der Waals surface area contributed by atoms with Gasteiger partial charge in [-0.05, 0) is 43.3 Å². The van der Waals surface area contributed by atoms with Crippen molar-refractivity contribution < 1.29 is 23.8 Å². The highest BCUT2D eigenvalue weighted by atomic mass is 79.9. The van der Waals surface area contributed by atoms with Crippen LogP contribution in [0.2, 0.25) is 0 Å². The SMILES string of the molecule is COC(=O)c1ccc(O[C@@H](C)C(=O)Nc2cccc(Br)c2)c(OC)c1. The summed E-state index contributed by atoms with van der Waals surface area (Å²) in [6.07, 6.45) is -0.767. The lowest BCUT2D eigenvalue weighted by Gasteiger charge is -2.17. The first-order chi connectivity index (χ1) is 11.9. The summed E-state index contributed by atoms with van der Waals surface area (Å²) in [6, 6.07) is 11.9. The molecule has 0 aromatic heterocycles. The van der Waals surface area contributed by atoms with Crippen LogP contribution in [-0.4, -0.2) is 32.2 Å². The van der Waals surface area contributed by atoms with Crippen molar-refractivity contribution >= 4 is 33.5 Å². The highest BCUT2D eigenvalue weighted by Gasteiger charge is 2.18. The molecule has 2 rings (SSSR count). The number of amides is 1. The van der Waals surface area contributed by atoms with Crippen molar-refractivity contribution in [2.45, 2.75) is 13.0 Å². The van der Waals surface area contributed by atoms with E-state index in [1.165, 1.54) is 20.3 Å². The van der Waals surface area contributed by atoms with Gasteiger partial charge in [-0.25, -0.2) is 4.79 Å². The molecule has 0 heterocycles. The van der Waals surface area contributed by atoms with Gasteiger partial charge in [0.25, 0.3) is 5.91 Å². The summed E-state index contributed by atoms with van der Waals surface area (Å²) in [5.74, 6) is -0.0976. The molecular formula is C18H18BrNO5. The zero-order valence-corrected chi connectivity index (χ0v) is 15.6. The third-order valence-electron chi connectivity index (χ3n) is 3.35. The third-order valence-corrected chi connectivity index (χ3v) is 3.84. The van der Waals surface area contributed by atoms with Gasteiger partial charge in [-0.3, -0.25) is 4.79 Å². The quantitative estimate of drug-likeness (QED) is 0.739. The number of esters is 1. The van der Waals surface area contributed by atoms with Crippen molar-refractivity contribution in [1.82, 2.24) is 0 Å². The second-order valence-corrected chi connectivity index (χ2v) is 6.03. The Hall–Kier alpha value is -2.54. The van der Waals surface area contributed by atoms with E-state index in [-0.39, 0.29) is 5.91 Å². The van der Waals surface area contributed by atoms with Gasteiger partial charge in [0, 0.05) is 10.2 Å². The Labute approximate surface area is 154 Å². The molecule has 7 heteroatoms. The van der Waals surface area contributed by atoms with Gasteiger partial charge in [0.1, 0.15) is 0 Å². The first kappa shape index (κ1) is 18.8. The van der Waals surface area contributed by atoms with E-state index >= 15 is 0 Å². The van der Waals surface area contributed by atoms with Crippen LogP contribution in [0.5, 0.6) is 11.5 Å². The predicted octanol–water partition coefficient (Wildman–Crippen LogP) is 3.65. The van der Waals surface area contributed by atoms with E-state index in [2.05, 4.69) is 26.0 Å². The van der Waals surface area contributed by atoms with Crippen LogP contribution in [0, 0.1) is 0 Å². The number of hydrogen-bond acceptors (Lipinski definition) is 5. The zero-order chi connectivity index (χ0) is 18.4. The van der Waals surface area contributed by atoms with Gasteiger partial charge in [-0.2, -0.15) is 0 Å². The summed E-state index contributed by atoms with van der Waals surface area (Å²) >= 11 is 3.35. The van der Waals surface area contributed by atoms with Crippen LogP contribution in [0.25, 0.3) is 0 Å². The van der Waals surface area contributed by atoms with E-state index < -0.39 is 12.1 Å². The van der Waals surface area contributed by atoms with E-state index in [1.807, 2.05) is 12.1 Å². The van der Waals surface area contributed by atoms with Gasteiger partial charge in [-0.15, -0.1) is 0 Å². The first-order valence-electron chi connectivity index (χ1n) is 7.44. The summed E-state index contributed by atoms with van der Waals surface area (Å²) in [7, 11) is 2.75. The summed E-state index contributed by atoms with van der Waals surface area (Å²) in [5, 5.41) is 2.77. The number of ether oxygens (including phenoxy) is 3. The summed E-state index contributed by atoms with van der Waals surface area (Å²) in [4.78, 5) is 23.9. The highest BCUT2D eigenvalue weighted by Crippen LogP contribution is 2.29. The standard InChI is InChI=1S/C18H18BrNO5/c1-11(17(21)20-14-6-4-5-13(19)10-14)25-15-8-7-12(18(22)24-3)9-16(15)23-2/h4-11H,1-3H3,(H,20,21)/t11-/m0/s1. The Balaban J connectivity index is 2.09. The van der Waals surface area contributed by atoms with Crippen molar-refractivity contribution in [3.8, 4) is 11.5 Å². The Morgan fingerprint density at radius 1 is 1.08 bits per heavy atom. The number of hydrogen-bond donors (Lipinski definition) is 1. The molecular weight excluding hydrogens is 390 g/mol. The average Bonchev–Trinajstić information content (AvgIpc) is 2.61. The van der Waals surface area contributed by atoms with Gasteiger partial charge in [0.2, 0.25) is 0 Å². The molecule has 0 unspecified atom stereocenters. The van der Waals surface area contributed by atoms with Crippen molar-refractivity contribution in [1.29, 1.82) is 0 Å². The molecule has 0 fully saturated rings. The maximum atomic E-state index is 12.3. The molecule has 1 atom stereocenters. The van der Waals surface area contributed by atoms with Gasteiger partial charge in [0.15, 0.2) is 17.6 Å². The molecule has 0 aliphatic carbocycles. The largest absolute Gasteiger partial charge is 0.493 e. The molecule has 0 saturated heterocycles. The number of carbonyl (C=O) groups is 2. The number of halogens is 1. The smallest absolute Gasteiger partial charge is 0.337 e. The minimum atomic E-state index is -0.767. The number of anilines is 1. The fraction of sp³-hybridized carbons (Fsp3) is 0.222. The molecule has 2 aromatic rings. The molecule has 0 radical (unpaired) electrons. The Bertz CT molecular complexity index is 778. The molecule has 0 bridgehead atoms. The Morgan fingerprint density at radius 2 is 1.84 bits per heavy atom. The van der Waals surface area contributed by atoms with Crippen molar-refractivity contribution in [2.75, 3.05) is 19.5 Å². The Morgan fingerprint density at radius 3 is 2.48 bits per heavy atom. The van der Waals surface area contributed by atoms with Crippen LogP contribution >= 0.6 is 15.9 Å². The number of benzene rings is 2. The molecule has 0 saturated carbocycles. The minimum absolute atomic E-state index is 0.308. The average molecular weight is 408 g/mol. The lowest BCUT2D eigenvalue weighted by Crippen LogP contribution is -2.30. The fourth-order valence-electron chi connectivity index (χ4n) is 2.06. The number of nitrogens with one attached hydrogen (secondary N) is 1. The molecule has 25 heavy (non-hydrogen) atoms. The molecule has 6 nitrogen and oxygen atoms in total. The number of methoxy groups -OCH3 is 2. The van der Waals surface area contributed by atoms with Gasteiger partial charge in [0.05, 0.1) is 19.8 Å². The normalized spacial score (nSPS) is 11.4. The molecule has 0 aliphatic heterocycles. The molecule has 0 aliphatic rings. The highest BCUT2D eigenvalue weighted by molar-refractivity contribution is 9.10. The molecule has 1 amide bonds. The number of rotatable bonds is 6. The molecule has 132 valence electrons. The maximum Gasteiger partial charge on any atom is 0.337 e.